The molecule has 0 spiro atoms. The molecule has 21 heavy (non-hydrogen) atoms. The largest absolute Gasteiger partial charge is 0.396 e. The minimum Gasteiger partial charge on any atom is -0.396 e. The summed E-state index contributed by atoms with van der Waals surface area (Å²) in [7, 11) is 0. The zero-order valence-electron chi connectivity index (χ0n) is 11.5. The Morgan fingerprint density at radius 3 is 2.76 bits per heavy atom. The Labute approximate surface area is 129 Å². The third kappa shape index (κ3) is 3.55. The van der Waals surface area contributed by atoms with E-state index in [1.54, 1.807) is 6.07 Å². The van der Waals surface area contributed by atoms with E-state index in [9.17, 15) is 9.18 Å². The summed E-state index contributed by atoms with van der Waals surface area (Å²) < 4.78 is 14.3. The zero-order chi connectivity index (χ0) is 15.6. The van der Waals surface area contributed by atoms with Crippen LogP contribution in [0.4, 0.5) is 15.8 Å². The highest BCUT2D eigenvalue weighted by Gasteiger charge is 2.16. The molecular formula is C14H14BrFN4O. The van der Waals surface area contributed by atoms with E-state index in [4.69, 9.17) is 5.73 Å². The van der Waals surface area contributed by atoms with Crippen LogP contribution in [-0.2, 0) is 0 Å². The molecule has 0 fully saturated rings. The first-order chi connectivity index (χ1) is 9.88. The second kappa shape index (κ2) is 6.17. The maximum absolute atomic E-state index is 13.7. The van der Waals surface area contributed by atoms with Gasteiger partial charge >= 0.3 is 0 Å². The Morgan fingerprint density at radius 1 is 1.43 bits per heavy atom. The summed E-state index contributed by atoms with van der Waals surface area (Å²) in [5, 5.41) is 2.46. The molecule has 2 aromatic rings. The summed E-state index contributed by atoms with van der Waals surface area (Å²) in [5.41, 5.74) is 5.97. The van der Waals surface area contributed by atoms with Crippen LogP contribution in [0.5, 0.6) is 0 Å². The van der Waals surface area contributed by atoms with Crippen LogP contribution >= 0.6 is 15.9 Å². The van der Waals surface area contributed by atoms with Crippen LogP contribution in [0.1, 0.15) is 36.1 Å². The number of anilines is 2. The molecule has 0 aliphatic carbocycles. The molecule has 1 amide bonds. The number of nitrogens with two attached hydrogens (primary N) is 1. The van der Waals surface area contributed by atoms with Crippen molar-refractivity contribution < 1.29 is 9.18 Å². The monoisotopic (exact) mass is 352 g/mol. The van der Waals surface area contributed by atoms with Gasteiger partial charge in [-0.2, -0.15) is 0 Å². The van der Waals surface area contributed by atoms with Crippen molar-refractivity contribution >= 4 is 33.2 Å². The van der Waals surface area contributed by atoms with Gasteiger partial charge in [0.2, 0.25) is 0 Å². The van der Waals surface area contributed by atoms with Gasteiger partial charge in [0, 0.05) is 10.4 Å². The maximum atomic E-state index is 13.7. The van der Waals surface area contributed by atoms with Crippen molar-refractivity contribution in [2.45, 2.75) is 19.8 Å². The van der Waals surface area contributed by atoms with Gasteiger partial charge in [-0.3, -0.25) is 4.79 Å². The van der Waals surface area contributed by atoms with E-state index in [1.165, 1.54) is 18.3 Å². The van der Waals surface area contributed by atoms with Gasteiger partial charge in [0.1, 0.15) is 11.6 Å². The molecule has 7 heteroatoms. The SMILES string of the molecule is CC(C)c1ncc(N)c(C(=O)Nc2ccc(Br)cc2F)n1. The van der Waals surface area contributed by atoms with E-state index in [2.05, 4.69) is 31.2 Å². The number of hydrogen-bond acceptors (Lipinski definition) is 4. The lowest BCUT2D eigenvalue weighted by Gasteiger charge is -2.10. The zero-order valence-corrected chi connectivity index (χ0v) is 13.1. The Morgan fingerprint density at radius 2 is 2.14 bits per heavy atom. The molecule has 0 atom stereocenters. The molecule has 2 rings (SSSR count). The number of aromatic nitrogens is 2. The lowest BCUT2D eigenvalue weighted by molar-refractivity contribution is 0.102. The van der Waals surface area contributed by atoms with Crippen LogP contribution in [-0.4, -0.2) is 15.9 Å². The third-order valence-electron chi connectivity index (χ3n) is 2.75. The van der Waals surface area contributed by atoms with Crippen molar-refractivity contribution in [2.24, 2.45) is 0 Å². The van der Waals surface area contributed by atoms with E-state index in [-0.39, 0.29) is 23.0 Å². The van der Waals surface area contributed by atoms with Gasteiger partial charge in [-0.1, -0.05) is 29.8 Å². The standard InChI is InChI=1S/C14H14BrFN4O/c1-7(2)13-18-6-10(17)12(20-13)14(21)19-11-4-3-8(15)5-9(11)16/h3-7H,17H2,1-2H3,(H,19,21). The Balaban J connectivity index is 2.30. The fraction of sp³-hybridized carbons (Fsp3) is 0.214. The lowest BCUT2D eigenvalue weighted by Crippen LogP contribution is -2.18. The fourth-order valence-electron chi connectivity index (χ4n) is 1.64. The number of amides is 1. The number of halogens is 2. The summed E-state index contributed by atoms with van der Waals surface area (Å²) >= 11 is 3.15. The van der Waals surface area contributed by atoms with E-state index in [0.29, 0.717) is 10.3 Å². The van der Waals surface area contributed by atoms with Gasteiger partial charge in [0.05, 0.1) is 17.6 Å². The second-order valence-corrected chi connectivity index (χ2v) is 5.68. The van der Waals surface area contributed by atoms with Crippen molar-refractivity contribution in [3.8, 4) is 0 Å². The normalized spacial score (nSPS) is 10.7. The number of carbonyl (C=O) groups excluding carboxylic acids is 1. The number of benzene rings is 1. The highest BCUT2D eigenvalue weighted by Crippen LogP contribution is 2.21. The molecule has 0 aliphatic rings. The predicted molar refractivity (Wildman–Crippen MR) is 82.6 cm³/mol. The van der Waals surface area contributed by atoms with Crippen molar-refractivity contribution in [1.29, 1.82) is 0 Å². The summed E-state index contributed by atoms with van der Waals surface area (Å²) in [6.45, 7) is 3.81. The van der Waals surface area contributed by atoms with Crippen LogP contribution in [0.25, 0.3) is 0 Å². The van der Waals surface area contributed by atoms with Crippen LogP contribution in [0.3, 0.4) is 0 Å². The number of nitrogen functional groups attached to an aromatic ring is 1. The van der Waals surface area contributed by atoms with Gasteiger partial charge in [0.25, 0.3) is 5.91 Å². The molecule has 5 nitrogen and oxygen atoms in total. The predicted octanol–water partition coefficient (Wildman–Crippen LogP) is 3.34. The van der Waals surface area contributed by atoms with E-state index >= 15 is 0 Å². The highest BCUT2D eigenvalue weighted by atomic mass is 79.9. The summed E-state index contributed by atoms with van der Waals surface area (Å²) in [6.07, 6.45) is 1.38. The highest BCUT2D eigenvalue weighted by molar-refractivity contribution is 9.10. The van der Waals surface area contributed by atoms with Crippen molar-refractivity contribution in [3.05, 3.63) is 46.2 Å². The van der Waals surface area contributed by atoms with Gasteiger partial charge in [-0.15, -0.1) is 0 Å². The lowest BCUT2D eigenvalue weighted by atomic mass is 10.2. The first-order valence-corrected chi connectivity index (χ1v) is 7.06. The molecule has 1 heterocycles. The maximum Gasteiger partial charge on any atom is 0.276 e. The molecule has 0 aliphatic heterocycles. The molecule has 0 saturated carbocycles. The van der Waals surface area contributed by atoms with Crippen LogP contribution < -0.4 is 11.1 Å². The average molecular weight is 353 g/mol. The molecule has 0 bridgehead atoms. The van der Waals surface area contributed by atoms with Crippen molar-refractivity contribution in [1.82, 2.24) is 9.97 Å². The number of nitrogens with one attached hydrogen (secondary N) is 1. The fourth-order valence-corrected chi connectivity index (χ4v) is 1.97. The Hall–Kier alpha value is -2.02. The van der Waals surface area contributed by atoms with Gasteiger partial charge in [-0.05, 0) is 18.2 Å². The number of rotatable bonds is 3. The number of nitrogens with zero attached hydrogens (tertiary/aromatic N) is 2. The van der Waals surface area contributed by atoms with E-state index in [1.807, 2.05) is 13.8 Å². The van der Waals surface area contributed by atoms with Gasteiger partial charge in [-0.25, -0.2) is 14.4 Å². The molecular weight excluding hydrogens is 339 g/mol. The van der Waals surface area contributed by atoms with Gasteiger partial charge in [0.15, 0.2) is 5.69 Å². The summed E-state index contributed by atoms with van der Waals surface area (Å²) in [6, 6.07) is 4.35. The molecule has 0 radical (unpaired) electrons. The third-order valence-corrected chi connectivity index (χ3v) is 3.24. The molecule has 1 aromatic heterocycles. The minimum absolute atomic E-state index is 0.0380. The molecule has 0 saturated heterocycles. The topological polar surface area (TPSA) is 80.9 Å². The quantitative estimate of drug-likeness (QED) is 0.887. The van der Waals surface area contributed by atoms with Crippen LogP contribution in [0.15, 0.2) is 28.9 Å². The van der Waals surface area contributed by atoms with Crippen molar-refractivity contribution in [3.63, 3.8) is 0 Å². The molecule has 110 valence electrons. The molecule has 1 aromatic carbocycles. The minimum atomic E-state index is -0.571. The first-order valence-electron chi connectivity index (χ1n) is 6.27. The molecule has 0 unspecified atom stereocenters. The number of hydrogen-bond donors (Lipinski definition) is 2. The smallest absolute Gasteiger partial charge is 0.276 e. The Kier molecular flexibility index (Phi) is 4.52. The second-order valence-electron chi connectivity index (χ2n) is 4.77. The number of carbonyl (C=O) groups is 1. The van der Waals surface area contributed by atoms with Crippen molar-refractivity contribution in [2.75, 3.05) is 11.1 Å². The van der Waals surface area contributed by atoms with Crippen LogP contribution in [0, 0.1) is 5.82 Å². The molecule has 3 N–H and O–H groups in total. The summed E-state index contributed by atoms with van der Waals surface area (Å²) in [4.78, 5) is 20.4. The van der Waals surface area contributed by atoms with Crippen LogP contribution in [0.2, 0.25) is 0 Å². The van der Waals surface area contributed by atoms with E-state index in [0.717, 1.165) is 0 Å². The average Bonchev–Trinajstić information content (AvgIpc) is 2.42. The Bertz CT molecular complexity index is 691. The van der Waals surface area contributed by atoms with E-state index < -0.39 is 11.7 Å². The van der Waals surface area contributed by atoms with Gasteiger partial charge < -0.3 is 11.1 Å². The summed E-state index contributed by atoms with van der Waals surface area (Å²) in [5.74, 6) is -0.556. The first kappa shape index (κ1) is 15.4.